The maximum absolute atomic E-state index is 11.0. The topological polar surface area (TPSA) is 63.1 Å². The lowest BCUT2D eigenvalue weighted by atomic mass is 10.3. The van der Waals surface area contributed by atoms with Gasteiger partial charge in [0.2, 0.25) is 11.1 Å². The fourth-order valence-corrected chi connectivity index (χ4v) is 2.30. The Morgan fingerprint density at radius 3 is 2.50 bits per heavy atom. The highest BCUT2D eigenvalue weighted by Crippen LogP contribution is 2.30. The van der Waals surface area contributed by atoms with Crippen LogP contribution in [0.4, 0.5) is 17.1 Å². The van der Waals surface area contributed by atoms with Crippen molar-refractivity contribution >= 4 is 39.7 Å². The van der Waals surface area contributed by atoms with Gasteiger partial charge in [-0.1, -0.05) is 11.6 Å². The van der Waals surface area contributed by atoms with Gasteiger partial charge in [-0.3, -0.25) is 0 Å². The zero-order chi connectivity index (χ0) is 15.9. The van der Waals surface area contributed by atoms with Crippen molar-refractivity contribution in [2.45, 2.75) is 6.92 Å². The van der Waals surface area contributed by atoms with Crippen LogP contribution >= 0.6 is 11.6 Å². The standard InChI is InChI=1S/C15H16ClN3O2S/c1-3-17-11-4-6-12(7-5-11)18-19-15-9-8-13(10-14(15)16)21-22(2)20/h4-10,17H,3H2,1-2H3. The summed E-state index contributed by atoms with van der Waals surface area (Å²) in [6.45, 7) is 2.91. The largest absolute Gasteiger partial charge is 0.401 e. The molecule has 0 saturated heterocycles. The molecule has 0 aliphatic rings. The van der Waals surface area contributed by atoms with E-state index in [2.05, 4.69) is 15.5 Å². The minimum absolute atomic E-state index is 0.385. The van der Waals surface area contributed by atoms with Crippen molar-refractivity contribution in [3.63, 3.8) is 0 Å². The van der Waals surface area contributed by atoms with Crippen LogP contribution in [0.5, 0.6) is 5.75 Å². The Morgan fingerprint density at radius 2 is 1.91 bits per heavy atom. The first-order valence-electron chi connectivity index (χ1n) is 6.65. The van der Waals surface area contributed by atoms with Gasteiger partial charge in [0.1, 0.15) is 11.4 Å². The van der Waals surface area contributed by atoms with Crippen LogP contribution < -0.4 is 9.50 Å². The number of rotatable bonds is 6. The van der Waals surface area contributed by atoms with Gasteiger partial charge < -0.3 is 9.50 Å². The van der Waals surface area contributed by atoms with E-state index in [0.29, 0.717) is 16.5 Å². The second kappa shape index (κ2) is 7.91. The van der Waals surface area contributed by atoms with Crippen molar-refractivity contribution in [1.82, 2.24) is 0 Å². The average molecular weight is 338 g/mol. The van der Waals surface area contributed by atoms with E-state index in [1.165, 1.54) is 6.26 Å². The summed E-state index contributed by atoms with van der Waals surface area (Å²) in [6, 6.07) is 12.5. The maximum Gasteiger partial charge on any atom is 0.203 e. The van der Waals surface area contributed by atoms with Gasteiger partial charge in [-0.05, 0) is 43.3 Å². The Hall–Kier alpha value is -1.92. The van der Waals surface area contributed by atoms with Crippen molar-refractivity contribution < 1.29 is 8.39 Å². The van der Waals surface area contributed by atoms with Gasteiger partial charge >= 0.3 is 0 Å². The van der Waals surface area contributed by atoms with Crippen LogP contribution in [0.3, 0.4) is 0 Å². The molecule has 1 atom stereocenters. The molecular weight excluding hydrogens is 322 g/mol. The minimum atomic E-state index is -1.39. The molecule has 2 aromatic rings. The van der Waals surface area contributed by atoms with Gasteiger partial charge in [0.15, 0.2) is 0 Å². The van der Waals surface area contributed by atoms with Gasteiger partial charge in [0.05, 0.1) is 10.7 Å². The highest BCUT2D eigenvalue weighted by molar-refractivity contribution is 7.79. The van der Waals surface area contributed by atoms with Gasteiger partial charge in [0.25, 0.3) is 0 Å². The molecule has 22 heavy (non-hydrogen) atoms. The summed E-state index contributed by atoms with van der Waals surface area (Å²) in [4.78, 5) is 0. The SMILES string of the molecule is CCNc1ccc(N=Nc2ccc(OS(C)=O)cc2Cl)cc1. The van der Waals surface area contributed by atoms with E-state index in [1.807, 2.05) is 31.2 Å². The van der Waals surface area contributed by atoms with Crippen LogP contribution in [0.2, 0.25) is 5.02 Å². The van der Waals surface area contributed by atoms with E-state index in [0.717, 1.165) is 17.9 Å². The van der Waals surface area contributed by atoms with E-state index in [4.69, 9.17) is 15.8 Å². The molecule has 1 unspecified atom stereocenters. The van der Waals surface area contributed by atoms with Crippen molar-refractivity contribution in [3.8, 4) is 5.75 Å². The maximum atomic E-state index is 11.0. The number of hydrogen-bond donors (Lipinski definition) is 1. The average Bonchev–Trinajstić information content (AvgIpc) is 2.48. The molecule has 7 heteroatoms. The van der Waals surface area contributed by atoms with Gasteiger partial charge in [-0.25, -0.2) is 4.21 Å². The zero-order valence-electron chi connectivity index (χ0n) is 12.2. The van der Waals surface area contributed by atoms with Crippen molar-refractivity contribution in [1.29, 1.82) is 0 Å². The molecule has 0 radical (unpaired) electrons. The zero-order valence-corrected chi connectivity index (χ0v) is 13.8. The molecule has 0 heterocycles. The molecule has 0 aromatic heterocycles. The van der Waals surface area contributed by atoms with Gasteiger partial charge in [-0.15, -0.1) is 5.11 Å². The Balaban J connectivity index is 2.10. The first kappa shape index (κ1) is 16.5. The van der Waals surface area contributed by atoms with Crippen LogP contribution in [0, 0.1) is 0 Å². The van der Waals surface area contributed by atoms with E-state index in [1.54, 1.807) is 18.2 Å². The molecule has 0 spiro atoms. The van der Waals surface area contributed by atoms with Crippen molar-refractivity contribution in [2.75, 3.05) is 18.1 Å². The molecule has 0 aliphatic heterocycles. The second-order valence-corrected chi connectivity index (χ2v) is 5.75. The normalized spacial score (nSPS) is 12.3. The third kappa shape index (κ3) is 4.82. The number of nitrogens with zero attached hydrogens (tertiary/aromatic N) is 2. The summed E-state index contributed by atoms with van der Waals surface area (Å²) >= 11 is 4.72. The molecule has 2 rings (SSSR count). The lowest BCUT2D eigenvalue weighted by Gasteiger charge is -2.03. The quantitative estimate of drug-likeness (QED) is 0.765. The second-order valence-electron chi connectivity index (χ2n) is 4.38. The fourth-order valence-electron chi connectivity index (χ4n) is 1.72. The summed E-state index contributed by atoms with van der Waals surface area (Å²) in [6.07, 6.45) is 1.44. The molecule has 0 bridgehead atoms. The Labute approximate surface area is 137 Å². The highest BCUT2D eigenvalue weighted by Gasteiger charge is 2.03. The predicted octanol–water partition coefficient (Wildman–Crippen LogP) is 4.86. The van der Waals surface area contributed by atoms with Crippen molar-refractivity contribution in [2.24, 2.45) is 10.2 Å². The Kier molecular flexibility index (Phi) is 5.91. The molecule has 0 fully saturated rings. The summed E-state index contributed by atoms with van der Waals surface area (Å²) in [5.41, 5.74) is 2.29. The van der Waals surface area contributed by atoms with E-state index in [9.17, 15) is 4.21 Å². The van der Waals surface area contributed by atoms with Crippen LogP contribution in [-0.4, -0.2) is 17.0 Å². The summed E-state index contributed by atoms with van der Waals surface area (Å²) in [5.74, 6) is 0.430. The van der Waals surface area contributed by atoms with E-state index in [-0.39, 0.29) is 0 Å². The molecular formula is C15H16ClN3O2S. The van der Waals surface area contributed by atoms with Crippen LogP contribution in [0.15, 0.2) is 52.7 Å². The first-order chi connectivity index (χ1) is 10.6. The molecule has 2 aromatic carbocycles. The van der Waals surface area contributed by atoms with E-state index < -0.39 is 11.1 Å². The number of halogens is 1. The van der Waals surface area contributed by atoms with Crippen LogP contribution in [0.1, 0.15) is 6.92 Å². The summed E-state index contributed by atoms with van der Waals surface area (Å²) in [5, 5.41) is 11.8. The molecule has 0 saturated carbocycles. The lowest BCUT2D eigenvalue weighted by Crippen LogP contribution is -1.95. The summed E-state index contributed by atoms with van der Waals surface area (Å²) < 4.78 is 16.1. The van der Waals surface area contributed by atoms with Gasteiger partial charge in [0, 0.05) is 24.6 Å². The van der Waals surface area contributed by atoms with Crippen molar-refractivity contribution in [3.05, 3.63) is 47.5 Å². The van der Waals surface area contributed by atoms with Gasteiger partial charge in [-0.2, -0.15) is 5.11 Å². The Bertz CT molecular complexity index is 690. The molecule has 1 N–H and O–H groups in total. The third-order valence-corrected chi connectivity index (χ3v) is 3.38. The fraction of sp³-hybridized carbons (Fsp3) is 0.200. The number of benzene rings is 2. The third-order valence-electron chi connectivity index (χ3n) is 2.65. The molecule has 0 amide bonds. The van der Waals surface area contributed by atoms with Crippen LogP contribution in [0.25, 0.3) is 0 Å². The van der Waals surface area contributed by atoms with E-state index >= 15 is 0 Å². The molecule has 5 nitrogen and oxygen atoms in total. The summed E-state index contributed by atoms with van der Waals surface area (Å²) in [7, 11) is 0. The lowest BCUT2D eigenvalue weighted by molar-refractivity contribution is 0.568. The minimum Gasteiger partial charge on any atom is -0.401 e. The first-order valence-corrected chi connectivity index (χ1v) is 8.51. The smallest absolute Gasteiger partial charge is 0.203 e. The highest BCUT2D eigenvalue weighted by atomic mass is 35.5. The number of hydrogen-bond acceptors (Lipinski definition) is 5. The molecule has 116 valence electrons. The Morgan fingerprint density at radius 1 is 1.18 bits per heavy atom. The van der Waals surface area contributed by atoms with Crippen LogP contribution in [-0.2, 0) is 11.1 Å². The number of azo groups is 1. The number of anilines is 1. The molecule has 0 aliphatic carbocycles. The monoisotopic (exact) mass is 337 g/mol. The predicted molar refractivity (Wildman–Crippen MR) is 90.9 cm³/mol. The number of nitrogens with one attached hydrogen (secondary N) is 1.